The van der Waals surface area contributed by atoms with Gasteiger partial charge in [-0.2, -0.15) is 0 Å². The fraction of sp³-hybridized carbons (Fsp3) is 0.464. The molecule has 0 unspecified atom stereocenters. The van der Waals surface area contributed by atoms with E-state index in [4.69, 9.17) is 9.47 Å². The van der Waals surface area contributed by atoms with Crippen LogP contribution in [-0.4, -0.2) is 41.7 Å². The molecule has 0 saturated carbocycles. The van der Waals surface area contributed by atoms with Crippen LogP contribution in [0.5, 0.6) is 0 Å². The van der Waals surface area contributed by atoms with E-state index in [1.54, 1.807) is 0 Å². The maximum absolute atomic E-state index is 12.2. The zero-order chi connectivity index (χ0) is 22.4. The van der Waals surface area contributed by atoms with Crippen molar-refractivity contribution in [3.63, 3.8) is 0 Å². The third-order valence-corrected chi connectivity index (χ3v) is 8.22. The van der Waals surface area contributed by atoms with Gasteiger partial charge in [0.15, 0.2) is 6.29 Å². The number of hydrogen-bond acceptors (Lipinski definition) is 4. The number of ether oxygens (including phenoxy) is 2. The normalized spacial score (nSPS) is 28.6. The van der Waals surface area contributed by atoms with Crippen molar-refractivity contribution < 1.29 is 14.3 Å². The van der Waals surface area contributed by atoms with Gasteiger partial charge < -0.3 is 19.3 Å². The highest BCUT2D eigenvalue weighted by Crippen LogP contribution is 2.52. The first-order chi connectivity index (χ1) is 16.3. The molecule has 2 saturated heterocycles. The average molecular weight is 445 g/mol. The quantitative estimate of drug-likeness (QED) is 0.551. The first-order valence-electron chi connectivity index (χ1n) is 12.4. The zero-order valence-corrected chi connectivity index (χ0v) is 19.2. The molecule has 6 rings (SSSR count). The Bertz CT molecular complexity index is 1120. The number of piperidine rings is 1. The lowest BCUT2D eigenvalue weighted by atomic mass is 9.65. The van der Waals surface area contributed by atoms with Gasteiger partial charge in [0, 0.05) is 41.0 Å². The summed E-state index contributed by atoms with van der Waals surface area (Å²) in [7, 11) is 0. The van der Waals surface area contributed by atoms with Crippen LogP contribution in [0.1, 0.15) is 42.6 Å². The number of rotatable bonds is 6. The van der Waals surface area contributed by atoms with Crippen LogP contribution in [-0.2, 0) is 27.2 Å². The van der Waals surface area contributed by atoms with E-state index >= 15 is 0 Å². The summed E-state index contributed by atoms with van der Waals surface area (Å²) in [4.78, 5) is 18.6. The number of carbonyl (C=O) groups excluding carboxylic acids is 1. The molecule has 0 amide bonds. The highest BCUT2D eigenvalue weighted by atomic mass is 16.7. The van der Waals surface area contributed by atoms with Crippen LogP contribution in [0.4, 0.5) is 0 Å². The molecule has 3 aliphatic heterocycles. The summed E-state index contributed by atoms with van der Waals surface area (Å²) in [5.41, 5.74) is 5.30. The summed E-state index contributed by atoms with van der Waals surface area (Å²) in [5.74, 6) is 0.444. The monoisotopic (exact) mass is 444 g/mol. The zero-order valence-electron chi connectivity index (χ0n) is 19.2. The predicted octanol–water partition coefficient (Wildman–Crippen LogP) is 4.87. The molecule has 3 aromatic rings. The van der Waals surface area contributed by atoms with E-state index in [0.29, 0.717) is 13.2 Å². The lowest BCUT2D eigenvalue weighted by Gasteiger charge is -2.55. The summed E-state index contributed by atoms with van der Waals surface area (Å²) in [6.07, 6.45) is 3.69. The molecule has 2 bridgehead atoms. The van der Waals surface area contributed by atoms with E-state index in [9.17, 15) is 4.79 Å². The Morgan fingerprint density at radius 2 is 1.85 bits per heavy atom. The molecule has 3 aliphatic rings. The Labute approximate surface area is 195 Å². The van der Waals surface area contributed by atoms with E-state index < -0.39 is 0 Å². The Morgan fingerprint density at radius 1 is 1.09 bits per heavy atom. The minimum absolute atomic E-state index is 0.0256. The molecule has 1 aromatic heterocycles. The summed E-state index contributed by atoms with van der Waals surface area (Å²) in [6, 6.07) is 19.9. The van der Waals surface area contributed by atoms with Crippen molar-refractivity contribution in [3.05, 3.63) is 71.4 Å². The number of para-hydroxylation sites is 1. The van der Waals surface area contributed by atoms with E-state index in [2.05, 4.69) is 71.4 Å². The highest BCUT2D eigenvalue weighted by Gasteiger charge is 2.53. The van der Waals surface area contributed by atoms with Crippen LogP contribution in [0.2, 0.25) is 0 Å². The fourth-order valence-corrected chi connectivity index (χ4v) is 6.72. The van der Waals surface area contributed by atoms with Gasteiger partial charge in [0.1, 0.15) is 6.29 Å². The predicted molar refractivity (Wildman–Crippen MR) is 128 cm³/mol. The van der Waals surface area contributed by atoms with Crippen LogP contribution >= 0.6 is 0 Å². The van der Waals surface area contributed by atoms with Gasteiger partial charge in [-0.15, -0.1) is 0 Å². The third-order valence-electron chi connectivity index (χ3n) is 8.22. The summed E-state index contributed by atoms with van der Waals surface area (Å²) >= 11 is 0. The van der Waals surface area contributed by atoms with Gasteiger partial charge in [0.25, 0.3) is 0 Å². The van der Waals surface area contributed by atoms with Crippen LogP contribution in [0, 0.1) is 17.8 Å². The van der Waals surface area contributed by atoms with Crippen LogP contribution in [0.15, 0.2) is 54.6 Å². The topological polar surface area (TPSA) is 54.6 Å². The number of nitrogens with one attached hydrogen (secondary N) is 1. The van der Waals surface area contributed by atoms with Crippen LogP contribution in [0.3, 0.4) is 0 Å². The minimum Gasteiger partial charge on any atom is -0.357 e. The standard InChI is InChI=1S/C28H32N2O3/c1-2-19(17-31)21-14-25-27-22(20-10-6-7-11-23(20)29-27)15-24(26(21)28-32-12-13-33-28)30(25)16-18-8-4-3-5-9-18/h3-11,17,19,21,24-26,28-29H,2,12-16H2,1H3/t19-,21+,24+,25+,26+/m1/s1. The Morgan fingerprint density at radius 3 is 2.61 bits per heavy atom. The molecule has 0 spiro atoms. The molecule has 2 fully saturated rings. The van der Waals surface area contributed by atoms with Crippen molar-refractivity contribution in [2.24, 2.45) is 17.8 Å². The van der Waals surface area contributed by atoms with E-state index in [1.165, 1.54) is 34.0 Å². The third kappa shape index (κ3) is 3.54. The second kappa shape index (κ2) is 8.71. The van der Waals surface area contributed by atoms with Crippen molar-refractivity contribution in [3.8, 4) is 0 Å². The Hall–Kier alpha value is -2.47. The second-order valence-electron chi connectivity index (χ2n) is 9.80. The number of fused-ring (bicyclic) bond motifs is 6. The van der Waals surface area contributed by atoms with Gasteiger partial charge in [-0.05, 0) is 42.4 Å². The second-order valence-corrected chi connectivity index (χ2v) is 9.80. The lowest BCUT2D eigenvalue weighted by molar-refractivity contribution is -0.164. The number of aromatic amines is 1. The number of hydrogen-bond donors (Lipinski definition) is 1. The largest absolute Gasteiger partial charge is 0.357 e. The van der Waals surface area contributed by atoms with Crippen molar-refractivity contribution in [2.45, 2.75) is 51.1 Å². The smallest absolute Gasteiger partial charge is 0.162 e. The number of carbonyl (C=O) groups is 1. The van der Waals surface area contributed by atoms with Gasteiger partial charge in [-0.25, -0.2) is 0 Å². The highest BCUT2D eigenvalue weighted by molar-refractivity contribution is 5.85. The molecule has 1 N–H and O–H groups in total. The maximum Gasteiger partial charge on any atom is 0.162 e. The van der Waals surface area contributed by atoms with Crippen molar-refractivity contribution in [2.75, 3.05) is 13.2 Å². The minimum atomic E-state index is -0.236. The average Bonchev–Trinajstić information content (AvgIpc) is 3.50. The molecule has 172 valence electrons. The maximum atomic E-state index is 12.2. The van der Waals surface area contributed by atoms with Crippen LogP contribution in [0.25, 0.3) is 10.9 Å². The molecule has 2 aromatic carbocycles. The van der Waals surface area contributed by atoms with E-state index in [-0.39, 0.29) is 36.1 Å². The number of aromatic nitrogens is 1. The summed E-state index contributed by atoms with van der Waals surface area (Å²) in [5, 5.41) is 1.33. The number of H-pyrrole nitrogens is 1. The van der Waals surface area contributed by atoms with Crippen molar-refractivity contribution >= 4 is 17.2 Å². The molecule has 5 nitrogen and oxygen atoms in total. The molecule has 4 heterocycles. The van der Waals surface area contributed by atoms with Gasteiger partial charge >= 0.3 is 0 Å². The summed E-state index contributed by atoms with van der Waals surface area (Å²) < 4.78 is 12.3. The number of nitrogens with zero attached hydrogens (tertiary/aromatic N) is 1. The molecular weight excluding hydrogens is 412 g/mol. The molecular formula is C28H32N2O3. The van der Waals surface area contributed by atoms with Gasteiger partial charge in [0.05, 0.1) is 19.3 Å². The van der Waals surface area contributed by atoms with E-state index in [1.807, 2.05) is 0 Å². The van der Waals surface area contributed by atoms with Gasteiger partial charge in [-0.1, -0.05) is 55.5 Å². The molecule has 0 radical (unpaired) electrons. The number of aldehydes is 1. The van der Waals surface area contributed by atoms with Crippen molar-refractivity contribution in [1.82, 2.24) is 9.88 Å². The van der Waals surface area contributed by atoms with Crippen LogP contribution < -0.4 is 0 Å². The molecule has 0 aliphatic carbocycles. The Kier molecular flexibility index (Phi) is 5.57. The molecule has 5 atom stereocenters. The van der Waals surface area contributed by atoms with Crippen molar-refractivity contribution in [1.29, 1.82) is 0 Å². The van der Waals surface area contributed by atoms with E-state index in [0.717, 1.165) is 25.8 Å². The SMILES string of the molecule is CC[C@H](C=O)[C@@H]1C[C@H]2c3[nH]c4ccccc4c3C[C@@H]([C@H]1C1OCCO1)N2Cc1ccccc1. The van der Waals surface area contributed by atoms with Gasteiger partial charge in [-0.3, -0.25) is 4.90 Å². The molecule has 5 heteroatoms. The Balaban J connectivity index is 1.48. The summed E-state index contributed by atoms with van der Waals surface area (Å²) in [6.45, 7) is 4.30. The number of benzene rings is 2. The van der Waals surface area contributed by atoms with Gasteiger partial charge in [0.2, 0.25) is 0 Å². The lowest BCUT2D eigenvalue weighted by Crippen LogP contribution is -2.58. The molecule has 33 heavy (non-hydrogen) atoms. The first-order valence-corrected chi connectivity index (χ1v) is 12.4. The fourth-order valence-electron chi connectivity index (χ4n) is 6.72. The first kappa shape index (κ1) is 21.1.